The van der Waals surface area contributed by atoms with Gasteiger partial charge in [0.2, 0.25) is 0 Å². The van der Waals surface area contributed by atoms with E-state index >= 15 is 0 Å². The molecule has 0 radical (unpaired) electrons. The highest BCUT2D eigenvalue weighted by Gasteiger charge is 2.25. The molecule has 2 aliphatic rings. The number of guanidine groups is 1. The van der Waals surface area contributed by atoms with Crippen LogP contribution in [0.4, 0.5) is 0 Å². The number of nitrogens with one attached hydrogen (secondary N) is 1. The van der Waals surface area contributed by atoms with Crippen molar-refractivity contribution < 1.29 is 4.74 Å². The molecule has 1 saturated heterocycles. The van der Waals surface area contributed by atoms with Crippen molar-refractivity contribution in [3.05, 3.63) is 18.0 Å². The fourth-order valence-electron chi connectivity index (χ4n) is 4.31. The van der Waals surface area contributed by atoms with Crippen molar-refractivity contribution in [2.75, 3.05) is 32.8 Å². The van der Waals surface area contributed by atoms with Gasteiger partial charge in [0.1, 0.15) is 0 Å². The van der Waals surface area contributed by atoms with Crippen LogP contribution in [0.3, 0.4) is 0 Å². The highest BCUT2D eigenvalue weighted by atomic mass is 16.5. The van der Waals surface area contributed by atoms with Crippen LogP contribution in [0.1, 0.15) is 57.4 Å². The van der Waals surface area contributed by atoms with E-state index in [0.29, 0.717) is 12.0 Å². The van der Waals surface area contributed by atoms with Crippen LogP contribution in [-0.4, -0.2) is 59.5 Å². The molecule has 1 aliphatic heterocycles. The number of likely N-dealkylation sites (tertiary alicyclic amines) is 1. The van der Waals surface area contributed by atoms with E-state index in [1.54, 1.807) is 0 Å². The maximum Gasteiger partial charge on any atom is 0.194 e. The summed E-state index contributed by atoms with van der Waals surface area (Å²) < 4.78 is 7.98. The molecule has 2 fully saturated rings. The molecule has 1 N–H and O–H groups in total. The van der Waals surface area contributed by atoms with Crippen LogP contribution in [-0.2, 0) is 18.2 Å². The summed E-state index contributed by atoms with van der Waals surface area (Å²) in [6, 6.07) is 0. The Kier molecular flexibility index (Phi) is 7.99. The second-order valence-electron chi connectivity index (χ2n) is 8.05. The summed E-state index contributed by atoms with van der Waals surface area (Å²) in [6.45, 7) is 6.70. The average Bonchev–Trinajstić information content (AvgIpc) is 3.20. The maximum atomic E-state index is 6.09. The second kappa shape index (κ2) is 10.7. The van der Waals surface area contributed by atoms with E-state index in [2.05, 4.69) is 28.4 Å². The number of rotatable bonds is 7. The van der Waals surface area contributed by atoms with Crippen molar-refractivity contribution in [2.24, 2.45) is 18.0 Å². The van der Waals surface area contributed by atoms with Crippen molar-refractivity contribution in [1.82, 2.24) is 20.0 Å². The summed E-state index contributed by atoms with van der Waals surface area (Å²) in [5, 5.41) is 7.75. The minimum Gasteiger partial charge on any atom is -0.376 e. The number of aliphatic imine (C=N–C) groups is 1. The summed E-state index contributed by atoms with van der Waals surface area (Å²) in [6.07, 6.45) is 14.8. The zero-order valence-corrected chi connectivity index (χ0v) is 17.2. The molecule has 0 spiro atoms. The van der Waals surface area contributed by atoms with Crippen LogP contribution < -0.4 is 5.32 Å². The molecule has 6 heteroatoms. The van der Waals surface area contributed by atoms with Crippen molar-refractivity contribution in [3.63, 3.8) is 0 Å². The molecule has 152 valence electrons. The number of aryl methyl sites for hydroxylation is 1. The first-order valence-electron chi connectivity index (χ1n) is 10.9. The Morgan fingerprint density at radius 2 is 2.07 bits per heavy atom. The number of nitrogens with zero attached hydrogens (tertiary/aromatic N) is 4. The molecule has 0 amide bonds. The third-order valence-electron chi connectivity index (χ3n) is 5.71. The molecule has 1 atom stereocenters. The van der Waals surface area contributed by atoms with E-state index in [0.717, 1.165) is 45.2 Å². The van der Waals surface area contributed by atoms with Crippen LogP contribution in [0, 0.1) is 5.92 Å². The highest BCUT2D eigenvalue weighted by molar-refractivity contribution is 5.80. The SMILES string of the molecule is CCNC(=NCCOC1CCCCCC1)N1CCC(Cc2cnn(C)c2)C1. The van der Waals surface area contributed by atoms with Gasteiger partial charge in [0, 0.05) is 32.9 Å². The lowest BCUT2D eigenvalue weighted by molar-refractivity contribution is 0.0486. The van der Waals surface area contributed by atoms with Gasteiger partial charge in [-0.15, -0.1) is 0 Å². The molecule has 2 heterocycles. The Morgan fingerprint density at radius 1 is 1.26 bits per heavy atom. The van der Waals surface area contributed by atoms with E-state index in [-0.39, 0.29) is 0 Å². The minimum atomic E-state index is 0.459. The fourth-order valence-corrected chi connectivity index (χ4v) is 4.31. The molecule has 1 saturated carbocycles. The Bertz CT molecular complexity index is 577. The zero-order chi connectivity index (χ0) is 18.9. The fraction of sp³-hybridized carbons (Fsp3) is 0.810. The van der Waals surface area contributed by atoms with Crippen LogP contribution in [0.5, 0.6) is 0 Å². The van der Waals surface area contributed by atoms with Gasteiger partial charge < -0.3 is 15.0 Å². The van der Waals surface area contributed by atoms with Crippen molar-refractivity contribution in [2.45, 2.75) is 64.4 Å². The Balaban J connectivity index is 1.44. The molecule has 1 aromatic heterocycles. The topological polar surface area (TPSA) is 54.7 Å². The third-order valence-corrected chi connectivity index (χ3v) is 5.71. The average molecular weight is 376 g/mol. The van der Waals surface area contributed by atoms with Gasteiger partial charge >= 0.3 is 0 Å². The Morgan fingerprint density at radius 3 is 2.78 bits per heavy atom. The van der Waals surface area contributed by atoms with Gasteiger partial charge in [0.25, 0.3) is 0 Å². The number of ether oxygens (including phenoxy) is 1. The summed E-state index contributed by atoms with van der Waals surface area (Å²) in [4.78, 5) is 7.25. The highest BCUT2D eigenvalue weighted by Crippen LogP contribution is 2.21. The van der Waals surface area contributed by atoms with E-state index in [4.69, 9.17) is 9.73 Å². The number of hydrogen-bond donors (Lipinski definition) is 1. The van der Waals surface area contributed by atoms with E-state index in [1.807, 2.05) is 17.9 Å². The van der Waals surface area contributed by atoms with Crippen molar-refractivity contribution >= 4 is 5.96 Å². The lowest BCUT2D eigenvalue weighted by Gasteiger charge is -2.22. The first kappa shape index (κ1) is 20.2. The van der Waals surface area contributed by atoms with Crippen molar-refractivity contribution in [1.29, 1.82) is 0 Å². The molecule has 1 aliphatic carbocycles. The Labute approximate surface area is 164 Å². The summed E-state index contributed by atoms with van der Waals surface area (Å²) in [5.74, 6) is 1.73. The molecule has 3 rings (SSSR count). The number of hydrogen-bond acceptors (Lipinski definition) is 3. The molecule has 1 aromatic rings. The molecular weight excluding hydrogens is 338 g/mol. The van der Waals surface area contributed by atoms with Gasteiger partial charge in [-0.1, -0.05) is 25.7 Å². The minimum absolute atomic E-state index is 0.459. The summed E-state index contributed by atoms with van der Waals surface area (Å²) in [5.41, 5.74) is 1.34. The first-order chi connectivity index (χ1) is 13.2. The normalized spacial score (nSPS) is 22.2. The predicted octanol–water partition coefficient (Wildman–Crippen LogP) is 2.99. The molecule has 0 aromatic carbocycles. The van der Waals surface area contributed by atoms with Crippen LogP contribution in [0.2, 0.25) is 0 Å². The molecule has 0 bridgehead atoms. The van der Waals surface area contributed by atoms with Crippen LogP contribution in [0.25, 0.3) is 0 Å². The van der Waals surface area contributed by atoms with Crippen molar-refractivity contribution in [3.8, 4) is 0 Å². The molecule has 1 unspecified atom stereocenters. The van der Waals surface area contributed by atoms with Gasteiger partial charge in [-0.05, 0) is 44.1 Å². The van der Waals surface area contributed by atoms with Gasteiger partial charge in [0.15, 0.2) is 5.96 Å². The number of aromatic nitrogens is 2. The van der Waals surface area contributed by atoms with E-state index in [9.17, 15) is 0 Å². The summed E-state index contributed by atoms with van der Waals surface area (Å²) in [7, 11) is 1.98. The Hall–Kier alpha value is -1.56. The van der Waals surface area contributed by atoms with Gasteiger partial charge in [-0.25, -0.2) is 0 Å². The molecule has 27 heavy (non-hydrogen) atoms. The smallest absolute Gasteiger partial charge is 0.194 e. The molecule has 6 nitrogen and oxygen atoms in total. The van der Waals surface area contributed by atoms with Crippen LogP contribution >= 0.6 is 0 Å². The first-order valence-corrected chi connectivity index (χ1v) is 10.9. The maximum absolute atomic E-state index is 6.09. The monoisotopic (exact) mass is 375 g/mol. The standard InChI is InChI=1S/C21H37N5O/c1-3-22-21(23-11-13-27-20-8-6-4-5-7-9-20)26-12-10-18(17-26)14-19-15-24-25(2)16-19/h15-16,18,20H,3-14,17H2,1-2H3,(H,22,23). The van der Waals surface area contributed by atoms with E-state index in [1.165, 1.54) is 50.5 Å². The van der Waals surface area contributed by atoms with Gasteiger partial charge in [-0.2, -0.15) is 5.10 Å². The third kappa shape index (κ3) is 6.52. The van der Waals surface area contributed by atoms with E-state index < -0.39 is 0 Å². The summed E-state index contributed by atoms with van der Waals surface area (Å²) >= 11 is 0. The van der Waals surface area contributed by atoms with Gasteiger partial charge in [-0.3, -0.25) is 9.67 Å². The predicted molar refractivity (Wildman–Crippen MR) is 110 cm³/mol. The van der Waals surface area contributed by atoms with Crippen LogP contribution in [0.15, 0.2) is 17.4 Å². The van der Waals surface area contributed by atoms with Gasteiger partial charge in [0.05, 0.1) is 25.5 Å². The molecular formula is C21H37N5O. The largest absolute Gasteiger partial charge is 0.376 e. The zero-order valence-electron chi connectivity index (χ0n) is 17.2. The lowest BCUT2D eigenvalue weighted by Crippen LogP contribution is -2.40. The second-order valence-corrected chi connectivity index (χ2v) is 8.05. The lowest BCUT2D eigenvalue weighted by atomic mass is 10.0. The quantitative estimate of drug-likeness (QED) is 0.344.